The molecular formula is C23H20N2O3. The van der Waals surface area contributed by atoms with Crippen molar-refractivity contribution in [2.45, 2.75) is 20.4 Å². The van der Waals surface area contributed by atoms with Gasteiger partial charge in [-0.3, -0.25) is 4.79 Å². The molecule has 2 aromatic carbocycles. The summed E-state index contributed by atoms with van der Waals surface area (Å²) in [5.74, 6) is 0.411. The van der Waals surface area contributed by atoms with Crippen LogP contribution in [0.4, 0.5) is 5.69 Å². The van der Waals surface area contributed by atoms with Gasteiger partial charge in [0.25, 0.3) is 5.91 Å². The van der Waals surface area contributed by atoms with E-state index in [0.717, 1.165) is 22.2 Å². The molecule has 0 atom stereocenters. The maximum Gasteiger partial charge on any atom is 0.257 e. The van der Waals surface area contributed by atoms with Crippen LogP contribution in [0.1, 0.15) is 27.2 Å². The third-order valence-corrected chi connectivity index (χ3v) is 4.48. The Morgan fingerprint density at radius 2 is 1.89 bits per heavy atom. The largest absolute Gasteiger partial charge is 0.467 e. The number of fused-ring (bicyclic) bond motifs is 1. The number of nitrogens with one attached hydrogen (secondary N) is 1. The number of benzene rings is 2. The Bertz CT molecular complexity index is 1200. The first-order chi connectivity index (χ1) is 13.6. The molecule has 0 saturated carbocycles. The number of carbonyl (C=O) groups is 1. The van der Waals surface area contributed by atoms with Crippen LogP contribution in [0.3, 0.4) is 0 Å². The van der Waals surface area contributed by atoms with Crippen molar-refractivity contribution in [2.24, 2.45) is 4.99 Å². The summed E-state index contributed by atoms with van der Waals surface area (Å²) in [5.41, 5.74) is 4.28. The van der Waals surface area contributed by atoms with E-state index in [1.165, 1.54) is 0 Å². The molecule has 140 valence electrons. The Morgan fingerprint density at radius 1 is 1.04 bits per heavy atom. The molecule has 2 heterocycles. The van der Waals surface area contributed by atoms with Crippen LogP contribution < -0.4 is 10.9 Å². The molecule has 1 N–H and O–H groups in total. The molecular weight excluding hydrogens is 352 g/mol. The summed E-state index contributed by atoms with van der Waals surface area (Å²) in [5, 5.41) is 3.70. The zero-order valence-corrected chi connectivity index (χ0v) is 15.7. The molecule has 0 bridgehead atoms. The Labute approximate surface area is 162 Å². The van der Waals surface area contributed by atoms with Crippen molar-refractivity contribution in [2.75, 3.05) is 0 Å². The fraction of sp³-hybridized carbons (Fsp3) is 0.130. The molecule has 0 aliphatic heterocycles. The van der Waals surface area contributed by atoms with Gasteiger partial charge in [-0.05, 0) is 49.7 Å². The third kappa shape index (κ3) is 3.74. The van der Waals surface area contributed by atoms with Crippen molar-refractivity contribution < 1.29 is 13.6 Å². The first kappa shape index (κ1) is 17.8. The van der Waals surface area contributed by atoms with Crippen LogP contribution in [-0.4, -0.2) is 5.91 Å². The van der Waals surface area contributed by atoms with E-state index in [1.807, 2.05) is 56.3 Å². The Balaban J connectivity index is 1.80. The molecule has 5 nitrogen and oxygen atoms in total. The van der Waals surface area contributed by atoms with Crippen LogP contribution in [0.5, 0.6) is 0 Å². The number of hydrogen-bond donors (Lipinski definition) is 1. The SMILES string of the molecule is Cc1ccc(N=c2oc3ccccc3cc2C(=O)NCc2ccco2)c(C)c1. The van der Waals surface area contributed by atoms with Crippen LogP contribution in [-0.2, 0) is 6.54 Å². The molecule has 0 fully saturated rings. The minimum absolute atomic E-state index is 0.269. The van der Waals surface area contributed by atoms with E-state index in [9.17, 15) is 4.79 Å². The first-order valence-corrected chi connectivity index (χ1v) is 9.05. The van der Waals surface area contributed by atoms with Crippen molar-refractivity contribution in [3.63, 3.8) is 0 Å². The van der Waals surface area contributed by atoms with E-state index in [2.05, 4.69) is 16.4 Å². The Kier molecular flexibility index (Phi) is 4.81. The second-order valence-electron chi connectivity index (χ2n) is 6.67. The topological polar surface area (TPSA) is 67.7 Å². The van der Waals surface area contributed by atoms with Crippen molar-refractivity contribution in [3.8, 4) is 0 Å². The van der Waals surface area contributed by atoms with E-state index in [0.29, 0.717) is 23.5 Å². The predicted molar refractivity (Wildman–Crippen MR) is 107 cm³/mol. The maximum absolute atomic E-state index is 12.9. The van der Waals surface area contributed by atoms with Crippen LogP contribution >= 0.6 is 0 Å². The summed E-state index contributed by atoms with van der Waals surface area (Å²) < 4.78 is 11.3. The molecule has 4 aromatic rings. The molecule has 0 aliphatic rings. The highest BCUT2D eigenvalue weighted by Crippen LogP contribution is 2.20. The molecule has 2 aromatic heterocycles. The normalized spacial score (nSPS) is 11.7. The number of furan rings is 1. The minimum atomic E-state index is -0.269. The number of amides is 1. The van der Waals surface area contributed by atoms with Gasteiger partial charge in [0.05, 0.1) is 18.5 Å². The lowest BCUT2D eigenvalue weighted by atomic mass is 10.1. The molecule has 0 radical (unpaired) electrons. The number of hydrogen-bond acceptors (Lipinski definition) is 4. The van der Waals surface area contributed by atoms with E-state index >= 15 is 0 Å². The fourth-order valence-corrected chi connectivity index (χ4v) is 3.03. The van der Waals surface area contributed by atoms with E-state index in [1.54, 1.807) is 18.4 Å². The molecule has 4 rings (SSSR count). The summed E-state index contributed by atoms with van der Waals surface area (Å²) in [7, 11) is 0. The fourth-order valence-electron chi connectivity index (χ4n) is 3.03. The minimum Gasteiger partial charge on any atom is -0.467 e. The summed E-state index contributed by atoms with van der Waals surface area (Å²) in [6, 6.07) is 18.9. The summed E-state index contributed by atoms with van der Waals surface area (Å²) in [6.45, 7) is 4.32. The van der Waals surface area contributed by atoms with Gasteiger partial charge in [0, 0.05) is 5.39 Å². The lowest BCUT2D eigenvalue weighted by Crippen LogP contribution is -2.28. The van der Waals surface area contributed by atoms with Gasteiger partial charge >= 0.3 is 0 Å². The van der Waals surface area contributed by atoms with Gasteiger partial charge in [0.15, 0.2) is 0 Å². The van der Waals surface area contributed by atoms with E-state index < -0.39 is 0 Å². The summed E-state index contributed by atoms with van der Waals surface area (Å²) in [6.07, 6.45) is 1.58. The molecule has 0 saturated heterocycles. The number of para-hydroxylation sites is 1. The molecule has 0 spiro atoms. The highest BCUT2D eigenvalue weighted by molar-refractivity contribution is 5.96. The third-order valence-electron chi connectivity index (χ3n) is 4.48. The first-order valence-electron chi connectivity index (χ1n) is 9.05. The molecule has 0 unspecified atom stereocenters. The summed E-state index contributed by atoms with van der Waals surface area (Å²) >= 11 is 0. The van der Waals surface area contributed by atoms with Gasteiger partial charge in [-0.1, -0.05) is 35.9 Å². The number of aryl methyl sites for hydroxylation is 2. The van der Waals surface area contributed by atoms with Crippen molar-refractivity contribution in [3.05, 3.63) is 94.9 Å². The zero-order valence-electron chi connectivity index (χ0n) is 15.7. The number of nitrogens with zero attached hydrogens (tertiary/aromatic N) is 1. The lowest BCUT2D eigenvalue weighted by molar-refractivity contribution is 0.0944. The quantitative estimate of drug-likeness (QED) is 0.559. The van der Waals surface area contributed by atoms with Gasteiger partial charge in [-0.25, -0.2) is 4.99 Å². The zero-order chi connectivity index (χ0) is 19.5. The van der Waals surface area contributed by atoms with Gasteiger partial charge in [-0.2, -0.15) is 0 Å². The standard InChI is InChI=1S/C23H20N2O3/c1-15-9-10-20(16(2)12-15)25-23-19(13-17-6-3-4-8-21(17)28-23)22(26)24-14-18-7-5-11-27-18/h3-13H,14H2,1-2H3,(H,24,26). The summed E-state index contributed by atoms with van der Waals surface area (Å²) in [4.78, 5) is 17.5. The van der Waals surface area contributed by atoms with Crippen LogP contribution in [0.2, 0.25) is 0 Å². The second-order valence-corrected chi connectivity index (χ2v) is 6.67. The van der Waals surface area contributed by atoms with Gasteiger partial charge in [0.2, 0.25) is 5.55 Å². The second kappa shape index (κ2) is 7.56. The number of carbonyl (C=O) groups excluding carboxylic acids is 1. The Hall–Kier alpha value is -3.60. The predicted octanol–water partition coefficient (Wildman–Crippen LogP) is 4.81. The van der Waals surface area contributed by atoms with Gasteiger partial charge in [-0.15, -0.1) is 0 Å². The van der Waals surface area contributed by atoms with Gasteiger partial charge < -0.3 is 14.2 Å². The van der Waals surface area contributed by atoms with Crippen molar-refractivity contribution >= 4 is 22.6 Å². The van der Waals surface area contributed by atoms with Crippen molar-refractivity contribution in [1.82, 2.24) is 5.32 Å². The van der Waals surface area contributed by atoms with Gasteiger partial charge in [0.1, 0.15) is 16.9 Å². The highest BCUT2D eigenvalue weighted by atomic mass is 16.3. The molecule has 5 heteroatoms. The Morgan fingerprint density at radius 3 is 2.68 bits per heavy atom. The molecule has 1 amide bonds. The van der Waals surface area contributed by atoms with E-state index in [4.69, 9.17) is 8.83 Å². The average Bonchev–Trinajstić information content (AvgIpc) is 3.21. The van der Waals surface area contributed by atoms with Crippen LogP contribution in [0, 0.1) is 13.8 Å². The monoisotopic (exact) mass is 372 g/mol. The molecule has 0 aliphatic carbocycles. The van der Waals surface area contributed by atoms with Crippen LogP contribution in [0.25, 0.3) is 11.0 Å². The lowest BCUT2D eigenvalue weighted by Gasteiger charge is -2.07. The highest BCUT2D eigenvalue weighted by Gasteiger charge is 2.13. The molecule has 28 heavy (non-hydrogen) atoms. The van der Waals surface area contributed by atoms with Crippen molar-refractivity contribution in [1.29, 1.82) is 0 Å². The van der Waals surface area contributed by atoms with E-state index in [-0.39, 0.29) is 11.5 Å². The average molecular weight is 372 g/mol. The van der Waals surface area contributed by atoms with Crippen LogP contribution in [0.15, 0.2) is 80.8 Å². The maximum atomic E-state index is 12.9. The number of rotatable bonds is 4. The smallest absolute Gasteiger partial charge is 0.257 e.